The Morgan fingerprint density at radius 3 is 2.75 bits per heavy atom. The monoisotopic (exact) mass is 273 g/mol. The van der Waals surface area contributed by atoms with Gasteiger partial charge in [-0.3, -0.25) is 0 Å². The number of rotatable bonds is 4. The number of hydrogen-bond donors (Lipinski definition) is 2. The van der Waals surface area contributed by atoms with Crippen molar-refractivity contribution in [2.24, 2.45) is 5.41 Å². The summed E-state index contributed by atoms with van der Waals surface area (Å²) in [6.07, 6.45) is 0.770. The Kier molecular flexibility index (Phi) is 4.26. The molecular weight excluding hydrogens is 249 g/mol. The Bertz CT molecular complexity index is 495. The van der Waals surface area contributed by atoms with Gasteiger partial charge < -0.3 is 15.0 Å². The summed E-state index contributed by atoms with van der Waals surface area (Å²) in [5, 5.41) is 13.4. The first-order valence-corrected chi connectivity index (χ1v) is 7.14. The minimum absolute atomic E-state index is 0.0724. The van der Waals surface area contributed by atoms with Crippen LogP contribution in [0.15, 0.2) is 36.5 Å². The van der Waals surface area contributed by atoms with Crippen molar-refractivity contribution in [2.45, 2.75) is 46.3 Å². The van der Waals surface area contributed by atoms with E-state index in [2.05, 4.69) is 39.6 Å². The molecule has 1 aliphatic rings. The van der Waals surface area contributed by atoms with E-state index in [1.807, 2.05) is 24.3 Å². The summed E-state index contributed by atoms with van der Waals surface area (Å²) in [6, 6.07) is 7.90. The lowest BCUT2D eigenvalue weighted by Crippen LogP contribution is -2.33. The summed E-state index contributed by atoms with van der Waals surface area (Å²) in [5.74, 6) is 0. The third kappa shape index (κ3) is 3.44. The van der Waals surface area contributed by atoms with Crippen molar-refractivity contribution in [3.8, 4) is 0 Å². The van der Waals surface area contributed by atoms with Crippen LogP contribution in [-0.2, 0) is 4.65 Å². The van der Waals surface area contributed by atoms with Gasteiger partial charge in [-0.1, -0.05) is 51.6 Å². The number of allylic oxidation sites excluding steroid dienone is 1. The second-order valence-corrected chi connectivity index (χ2v) is 6.81. The number of hydrogen-bond acceptors (Lipinski definition) is 3. The molecule has 1 aliphatic heterocycles. The summed E-state index contributed by atoms with van der Waals surface area (Å²) in [6.45, 7) is 12.7. The third-order valence-corrected chi connectivity index (χ3v) is 3.47. The van der Waals surface area contributed by atoms with Gasteiger partial charge in [0.05, 0.1) is 12.1 Å². The highest BCUT2D eigenvalue weighted by atomic mass is 16.5. The SMILES string of the molecule is C=C(CC(C)(C)C)NC(C)C1OB(O)c2ccccc21. The van der Waals surface area contributed by atoms with Crippen molar-refractivity contribution >= 4 is 12.6 Å². The van der Waals surface area contributed by atoms with E-state index in [9.17, 15) is 5.02 Å². The number of nitrogens with one attached hydrogen (secondary N) is 1. The zero-order valence-corrected chi connectivity index (χ0v) is 12.8. The lowest BCUT2D eigenvalue weighted by Gasteiger charge is -2.27. The lowest BCUT2D eigenvalue weighted by atomic mass is 9.79. The van der Waals surface area contributed by atoms with Gasteiger partial charge in [-0.2, -0.15) is 0 Å². The number of benzene rings is 1. The van der Waals surface area contributed by atoms with Gasteiger partial charge in [-0.15, -0.1) is 0 Å². The van der Waals surface area contributed by atoms with Crippen LogP contribution in [0.4, 0.5) is 0 Å². The summed E-state index contributed by atoms with van der Waals surface area (Å²) in [7, 11) is -0.823. The van der Waals surface area contributed by atoms with E-state index in [0.717, 1.165) is 23.1 Å². The first-order chi connectivity index (χ1) is 9.28. The van der Waals surface area contributed by atoms with E-state index >= 15 is 0 Å². The maximum Gasteiger partial charge on any atom is 0.492 e. The molecule has 0 bridgehead atoms. The van der Waals surface area contributed by atoms with E-state index in [-0.39, 0.29) is 17.6 Å². The van der Waals surface area contributed by atoms with E-state index in [1.165, 1.54) is 0 Å². The van der Waals surface area contributed by atoms with Crippen molar-refractivity contribution in [3.63, 3.8) is 0 Å². The van der Waals surface area contributed by atoms with Crippen molar-refractivity contribution in [2.75, 3.05) is 0 Å². The summed E-state index contributed by atoms with van der Waals surface area (Å²) < 4.78 is 5.68. The van der Waals surface area contributed by atoms with Crippen LogP contribution >= 0.6 is 0 Å². The Balaban J connectivity index is 2.04. The highest BCUT2D eigenvalue weighted by molar-refractivity contribution is 6.61. The molecule has 0 saturated carbocycles. The molecule has 1 aromatic rings. The van der Waals surface area contributed by atoms with E-state index in [4.69, 9.17) is 4.65 Å². The maximum absolute atomic E-state index is 9.95. The number of fused-ring (bicyclic) bond motifs is 1. The Labute approximate surface area is 122 Å². The minimum atomic E-state index is -0.823. The smallest absolute Gasteiger partial charge is 0.423 e. The molecule has 2 unspecified atom stereocenters. The van der Waals surface area contributed by atoms with Crippen molar-refractivity contribution in [3.05, 3.63) is 42.1 Å². The predicted molar refractivity (Wildman–Crippen MR) is 83.7 cm³/mol. The molecule has 2 atom stereocenters. The van der Waals surface area contributed by atoms with E-state index in [0.29, 0.717) is 0 Å². The molecule has 0 amide bonds. The highest BCUT2D eigenvalue weighted by Gasteiger charge is 2.37. The van der Waals surface area contributed by atoms with Gasteiger partial charge in [0.2, 0.25) is 0 Å². The normalized spacial score (nSPS) is 19.6. The zero-order chi connectivity index (χ0) is 14.9. The molecule has 3 nitrogen and oxygen atoms in total. The summed E-state index contributed by atoms with van der Waals surface area (Å²) in [5.41, 5.74) is 3.14. The van der Waals surface area contributed by atoms with Crippen molar-refractivity contribution in [1.29, 1.82) is 0 Å². The first kappa shape index (κ1) is 15.1. The molecule has 0 spiro atoms. The van der Waals surface area contributed by atoms with Crippen LogP contribution in [0.5, 0.6) is 0 Å². The minimum Gasteiger partial charge on any atom is -0.423 e. The standard InChI is InChI=1S/C16H24BNO2/c1-11(10-16(3,4)5)18-12(2)15-13-8-6-7-9-14(13)17(19)20-15/h6-9,12,15,18-19H,1,10H2,2-5H3. The van der Waals surface area contributed by atoms with Gasteiger partial charge in [-0.25, -0.2) is 0 Å². The fourth-order valence-electron chi connectivity index (χ4n) is 2.76. The van der Waals surface area contributed by atoms with E-state index in [1.54, 1.807) is 0 Å². The molecule has 2 rings (SSSR count). The van der Waals surface area contributed by atoms with Crippen LogP contribution in [-0.4, -0.2) is 18.2 Å². The fraction of sp³-hybridized carbons (Fsp3) is 0.500. The molecule has 4 heteroatoms. The molecule has 0 aromatic heterocycles. The summed E-state index contributed by atoms with van der Waals surface area (Å²) >= 11 is 0. The van der Waals surface area contributed by atoms with Gasteiger partial charge in [-0.05, 0) is 29.8 Å². The summed E-state index contributed by atoms with van der Waals surface area (Å²) in [4.78, 5) is 0. The predicted octanol–water partition coefficient (Wildman–Crippen LogP) is 2.37. The largest absolute Gasteiger partial charge is 0.492 e. The van der Waals surface area contributed by atoms with Gasteiger partial charge in [0, 0.05) is 5.70 Å². The van der Waals surface area contributed by atoms with Gasteiger partial charge in [0.15, 0.2) is 0 Å². The molecule has 1 aromatic carbocycles. The molecule has 20 heavy (non-hydrogen) atoms. The van der Waals surface area contributed by atoms with Gasteiger partial charge in [0.25, 0.3) is 0 Å². The first-order valence-electron chi connectivity index (χ1n) is 7.14. The molecule has 0 fully saturated rings. The van der Waals surface area contributed by atoms with E-state index < -0.39 is 7.12 Å². The quantitative estimate of drug-likeness (QED) is 0.827. The van der Waals surface area contributed by atoms with Crippen LogP contribution in [0.25, 0.3) is 0 Å². The van der Waals surface area contributed by atoms with Crippen LogP contribution in [0, 0.1) is 5.41 Å². The third-order valence-electron chi connectivity index (χ3n) is 3.47. The second-order valence-electron chi connectivity index (χ2n) is 6.81. The van der Waals surface area contributed by atoms with Gasteiger partial charge in [0.1, 0.15) is 0 Å². The van der Waals surface area contributed by atoms with Crippen molar-refractivity contribution < 1.29 is 9.68 Å². The molecule has 108 valence electrons. The highest BCUT2D eigenvalue weighted by Crippen LogP contribution is 2.28. The molecule has 0 saturated heterocycles. The van der Waals surface area contributed by atoms with Crippen molar-refractivity contribution in [1.82, 2.24) is 5.32 Å². The molecule has 0 aliphatic carbocycles. The lowest BCUT2D eigenvalue weighted by molar-refractivity contribution is 0.155. The average Bonchev–Trinajstić information content (AvgIpc) is 2.65. The Morgan fingerprint density at radius 2 is 2.10 bits per heavy atom. The van der Waals surface area contributed by atoms with Gasteiger partial charge >= 0.3 is 7.12 Å². The van der Waals surface area contributed by atoms with Crippen LogP contribution in [0.3, 0.4) is 0 Å². The average molecular weight is 273 g/mol. The van der Waals surface area contributed by atoms with Crippen LogP contribution < -0.4 is 10.8 Å². The second kappa shape index (κ2) is 5.62. The Morgan fingerprint density at radius 1 is 1.45 bits per heavy atom. The fourth-order valence-corrected chi connectivity index (χ4v) is 2.76. The molecular formula is C16H24BNO2. The topological polar surface area (TPSA) is 41.5 Å². The zero-order valence-electron chi connectivity index (χ0n) is 12.8. The molecule has 1 heterocycles. The van der Waals surface area contributed by atoms with Crippen LogP contribution in [0.1, 0.15) is 45.8 Å². The maximum atomic E-state index is 9.95. The van der Waals surface area contributed by atoms with Crippen LogP contribution in [0.2, 0.25) is 0 Å². The molecule has 2 N–H and O–H groups in total. The Hall–Kier alpha value is -1.26. The molecule has 0 radical (unpaired) electrons.